The summed E-state index contributed by atoms with van der Waals surface area (Å²) in [5.41, 5.74) is 0. The SMILES string of the molecule is Cc1ccc(CNC(=O)NC(C)CCC(=O)O)o1. The number of carboxylic acid groups (broad SMARTS) is 1. The normalized spacial score (nSPS) is 11.9. The van der Waals surface area contributed by atoms with Crippen molar-refractivity contribution in [2.45, 2.75) is 39.3 Å². The van der Waals surface area contributed by atoms with E-state index in [1.807, 2.05) is 13.0 Å². The minimum Gasteiger partial charge on any atom is -0.481 e. The molecule has 2 amide bonds. The minimum atomic E-state index is -0.866. The van der Waals surface area contributed by atoms with E-state index in [-0.39, 0.29) is 18.5 Å². The predicted molar refractivity (Wildman–Crippen MR) is 65.1 cm³/mol. The van der Waals surface area contributed by atoms with E-state index >= 15 is 0 Å². The van der Waals surface area contributed by atoms with Crippen LogP contribution in [0.25, 0.3) is 0 Å². The molecule has 1 aromatic rings. The smallest absolute Gasteiger partial charge is 0.315 e. The van der Waals surface area contributed by atoms with Gasteiger partial charge in [0.05, 0.1) is 6.54 Å². The molecule has 0 aliphatic heterocycles. The highest BCUT2D eigenvalue weighted by molar-refractivity contribution is 5.74. The van der Waals surface area contributed by atoms with Gasteiger partial charge in [-0.2, -0.15) is 0 Å². The van der Waals surface area contributed by atoms with Gasteiger partial charge < -0.3 is 20.2 Å². The zero-order valence-corrected chi connectivity index (χ0v) is 10.5. The molecule has 6 nitrogen and oxygen atoms in total. The zero-order chi connectivity index (χ0) is 13.5. The van der Waals surface area contributed by atoms with Gasteiger partial charge in [0.1, 0.15) is 11.5 Å². The quantitative estimate of drug-likeness (QED) is 0.719. The number of hydrogen-bond acceptors (Lipinski definition) is 3. The Balaban J connectivity index is 2.22. The van der Waals surface area contributed by atoms with Crippen LogP contribution in [0.3, 0.4) is 0 Å². The summed E-state index contributed by atoms with van der Waals surface area (Å²) in [6.45, 7) is 3.91. The van der Waals surface area contributed by atoms with Crippen molar-refractivity contribution >= 4 is 12.0 Å². The predicted octanol–water partition coefficient (Wildman–Crippen LogP) is 1.64. The van der Waals surface area contributed by atoms with Gasteiger partial charge in [-0.05, 0) is 32.4 Å². The number of carbonyl (C=O) groups is 2. The van der Waals surface area contributed by atoms with Crippen LogP contribution < -0.4 is 10.6 Å². The van der Waals surface area contributed by atoms with Gasteiger partial charge in [0, 0.05) is 12.5 Å². The molecule has 0 aromatic carbocycles. The first-order valence-electron chi connectivity index (χ1n) is 5.79. The fraction of sp³-hybridized carbons (Fsp3) is 0.500. The first kappa shape index (κ1) is 14.1. The number of hydrogen-bond donors (Lipinski definition) is 3. The topological polar surface area (TPSA) is 91.6 Å². The van der Waals surface area contributed by atoms with E-state index in [1.165, 1.54) is 0 Å². The zero-order valence-electron chi connectivity index (χ0n) is 10.5. The lowest BCUT2D eigenvalue weighted by atomic mass is 10.2. The average Bonchev–Trinajstić information content (AvgIpc) is 2.70. The molecule has 0 spiro atoms. The third kappa shape index (κ3) is 5.38. The van der Waals surface area contributed by atoms with E-state index in [9.17, 15) is 9.59 Å². The average molecular weight is 254 g/mol. The molecule has 6 heteroatoms. The second-order valence-corrected chi connectivity index (χ2v) is 4.17. The highest BCUT2D eigenvalue weighted by atomic mass is 16.4. The second kappa shape index (κ2) is 6.68. The Hall–Kier alpha value is -1.98. The lowest BCUT2D eigenvalue weighted by molar-refractivity contribution is -0.137. The molecule has 0 saturated carbocycles. The summed E-state index contributed by atoms with van der Waals surface area (Å²) in [6, 6.07) is 3.11. The van der Waals surface area contributed by atoms with E-state index in [4.69, 9.17) is 9.52 Å². The molecular weight excluding hydrogens is 236 g/mol. The second-order valence-electron chi connectivity index (χ2n) is 4.17. The van der Waals surface area contributed by atoms with Crippen molar-refractivity contribution in [2.75, 3.05) is 0 Å². The Morgan fingerprint density at radius 1 is 1.44 bits per heavy atom. The standard InChI is InChI=1S/C12H18N2O4/c1-8(3-6-11(15)16)14-12(17)13-7-10-5-4-9(2)18-10/h4-5,8H,3,6-7H2,1-2H3,(H,15,16)(H2,13,14,17). The van der Waals surface area contributed by atoms with Crippen LogP contribution in [0.1, 0.15) is 31.3 Å². The van der Waals surface area contributed by atoms with Crippen molar-refractivity contribution in [3.63, 3.8) is 0 Å². The number of rotatable bonds is 6. The molecule has 0 aliphatic rings. The van der Waals surface area contributed by atoms with Gasteiger partial charge in [0.2, 0.25) is 0 Å². The van der Waals surface area contributed by atoms with Crippen molar-refractivity contribution in [3.8, 4) is 0 Å². The van der Waals surface area contributed by atoms with E-state index in [0.29, 0.717) is 18.7 Å². The third-order valence-corrected chi connectivity index (χ3v) is 2.39. The van der Waals surface area contributed by atoms with E-state index in [0.717, 1.165) is 5.76 Å². The van der Waals surface area contributed by atoms with E-state index < -0.39 is 5.97 Å². The third-order valence-electron chi connectivity index (χ3n) is 2.39. The molecule has 1 rings (SSSR count). The van der Waals surface area contributed by atoms with Gasteiger partial charge in [0.25, 0.3) is 0 Å². The van der Waals surface area contributed by atoms with Crippen molar-refractivity contribution in [1.29, 1.82) is 0 Å². The fourth-order valence-electron chi connectivity index (χ4n) is 1.43. The van der Waals surface area contributed by atoms with Crippen molar-refractivity contribution < 1.29 is 19.1 Å². The van der Waals surface area contributed by atoms with Crippen molar-refractivity contribution in [1.82, 2.24) is 10.6 Å². The molecule has 18 heavy (non-hydrogen) atoms. The van der Waals surface area contributed by atoms with Crippen LogP contribution in [-0.2, 0) is 11.3 Å². The van der Waals surface area contributed by atoms with Crippen LogP contribution >= 0.6 is 0 Å². The van der Waals surface area contributed by atoms with Crippen LogP contribution in [0.4, 0.5) is 4.79 Å². The minimum absolute atomic E-state index is 0.0405. The fourth-order valence-corrected chi connectivity index (χ4v) is 1.43. The molecule has 0 bridgehead atoms. The number of carboxylic acids is 1. The molecule has 0 saturated heterocycles. The number of nitrogens with one attached hydrogen (secondary N) is 2. The maximum atomic E-state index is 11.5. The number of amides is 2. The summed E-state index contributed by atoms with van der Waals surface area (Å²) < 4.78 is 5.30. The van der Waals surface area contributed by atoms with Gasteiger partial charge >= 0.3 is 12.0 Å². The van der Waals surface area contributed by atoms with Crippen LogP contribution in [0, 0.1) is 6.92 Å². The maximum absolute atomic E-state index is 11.5. The Bertz CT molecular complexity index is 414. The number of carbonyl (C=O) groups excluding carboxylic acids is 1. The molecule has 1 unspecified atom stereocenters. The Morgan fingerprint density at radius 3 is 2.72 bits per heavy atom. The van der Waals surface area contributed by atoms with Gasteiger partial charge in [0.15, 0.2) is 0 Å². The molecule has 0 fully saturated rings. The first-order valence-corrected chi connectivity index (χ1v) is 5.79. The highest BCUT2D eigenvalue weighted by Crippen LogP contribution is 2.05. The number of furan rings is 1. The molecule has 3 N–H and O–H groups in total. The Labute approximate surface area is 105 Å². The van der Waals surface area contributed by atoms with Crippen molar-refractivity contribution in [3.05, 3.63) is 23.7 Å². The van der Waals surface area contributed by atoms with E-state index in [1.54, 1.807) is 13.0 Å². The monoisotopic (exact) mass is 254 g/mol. The summed E-state index contributed by atoms with van der Waals surface area (Å²) in [7, 11) is 0. The largest absolute Gasteiger partial charge is 0.481 e. The van der Waals surface area contributed by atoms with Gasteiger partial charge in [-0.15, -0.1) is 0 Å². The summed E-state index contributed by atoms with van der Waals surface area (Å²) in [5, 5.41) is 13.8. The molecule has 0 radical (unpaired) electrons. The highest BCUT2D eigenvalue weighted by Gasteiger charge is 2.09. The Morgan fingerprint density at radius 2 is 2.17 bits per heavy atom. The number of urea groups is 1. The molecule has 0 aliphatic carbocycles. The van der Waals surface area contributed by atoms with Crippen LogP contribution in [0.2, 0.25) is 0 Å². The van der Waals surface area contributed by atoms with Crippen molar-refractivity contribution in [2.24, 2.45) is 0 Å². The number of aliphatic carboxylic acids is 1. The van der Waals surface area contributed by atoms with E-state index in [2.05, 4.69) is 10.6 Å². The maximum Gasteiger partial charge on any atom is 0.315 e. The summed E-state index contributed by atoms with van der Waals surface area (Å²) in [6.07, 6.45) is 0.446. The lowest BCUT2D eigenvalue weighted by Crippen LogP contribution is -2.40. The summed E-state index contributed by atoms with van der Waals surface area (Å²) in [4.78, 5) is 21.8. The Kier molecular flexibility index (Phi) is 5.23. The number of aryl methyl sites for hydroxylation is 1. The molecule has 100 valence electrons. The van der Waals surface area contributed by atoms with Gasteiger partial charge in [-0.3, -0.25) is 4.79 Å². The molecule has 1 aromatic heterocycles. The summed E-state index contributed by atoms with van der Waals surface area (Å²) >= 11 is 0. The first-order chi connectivity index (χ1) is 8.47. The molecular formula is C12H18N2O4. The lowest BCUT2D eigenvalue weighted by Gasteiger charge is -2.13. The molecule has 1 heterocycles. The summed E-state index contributed by atoms with van der Waals surface area (Å²) in [5.74, 6) is 0.609. The van der Waals surface area contributed by atoms with Crippen LogP contribution in [0.15, 0.2) is 16.5 Å². The van der Waals surface area contributed by atoms with Crippen LogP contribution in [-0.4, -0.2) is 23.1 Å². The van der Waals surface area contributed by atoms with Gasteiger partial charge in [-0.25, -0.2) is 4.79 Å². The molecule has 1 atom stereocenters. The van der Waals surface area contributed by atoms with Crippen LogP contribution in [0.5, 0.6) is 0 Å². The van der Waals surface area contributed by atoms with Gasteiger partial charge in [-0.1, -0.05) is 0 Å².